The summed E-state index contributed by atoms with van der Waals surface area (Å²) in [5, 5.41) is 15.6. The zero-order valence-corrected chi connectivity index (χ0v) is 18.8. The molecule has 2 aromatic carbocycles. The lowest BCUT2D eigenvalue weighted by molar-refractivity contribution is 0.273. The average molecular weight is 416 g/mol. The number of phenolic OH excluding ortho intramolecular Hbond substituents is 1. The van der Waals surface area contributed by atoms with Gasteiger partial charge >= 0.3 is 0 Å². The minimum absolute atomic E-state index is 0.0348. The molecule has 0 saturated carbocycles. The van der Waals surface area contributed by atoms with Crippen LogP contribution < -0.4 is 5.73 Å². The molecule has 0 bridgehead atoms. The maximum absolute atomic E-state index is 13.7. The Balaban J connectivity index is 1.81. The number of benzene rings is 2. The molecule has 3 aromatic rings. The molecular formula is C22H30FN3O2Si. The molecule has 29 heavy (non-hydrogen) atoms. The second-order valence-corrected chi connectivity index (χ2v) is 13.8. The first-order chi connectivity index (χ1) is 13.5. The smallest absolute Gasteiger partial charge is 0.191 e. The van der Waals surface area contributed by atoms with Crippen molar-refractivity contribution >= 4 is 25.0 Å². The minimum Gasteiger partial charge on any atom is -0.507 e. The lowest BCUT2D eigenvalue weighted by atomic mass is 10.0. The molecule has 0 aliphatic rings. The quantitative estimate of drug-likeness (QED) is 0.409. The molecule has 0 radical (unpaired) electrons. The summed E-state index contributed by atoms with van der Waals surface area (Å²) in [5.41, 5.74) is 8.10. The van der Waals surface area contributed by atoms with E-state index in [1.165, 1.54) is 18.2 Å². The maximum Gasteiger partial charge on any atom is 0.191 e. The standard InChI is InChI=1S/C22H30FN3O2Si/c1-22(2,3)29(4,5)28-12-6-11-26-19-13-15(7-9-17(19)21(24)25-26)18-14-16(23)8-10-20(18)27/h7-10,13-14,27H,6,11-12H2,1-5H3,(H2,24,25). The highest BCUT2D eigenvalue weighted by atomic mass is 28.4. The first-order valence-corrected chi connectivity index (χ1v) is 12.8. The Kier molecular flexibility index (Phi) is 5.74. The number of aryl methyl sites for hydroxylation is 1. The summed E-state index contributed by atoms with van der Waals surface area (Å²) in [6.07, 6.45) is 0.818. The van der Waals surface area contributed by atoms with E-state index in [-0.39, 0.29) is 10.8 Å². The van der Waals surface area contributed by atoms with Crippen LogP contribution in [-0.4, -0.2) is 29.8 Å². The van der Waals surface area contributed by atoms with Crippen LogP contribution in [0.5, 0.6) is 5.75 Å². The van der Waals surface area contributed by atoms with Crippen molar-refractivity contribution in [1.82, 2.24) is 9.78 Å². The predicted molar refractivity (Wildman–Crippen MR) is 119 cm³/mol. The number of hydrogen-bond donors (Lipinski definition) is 2. The van der Waals surface area contributed by atoms with Crippen molar-refractivity contribution in [2.24, 2.45) is 0 Å². The number of nitrogen functional groups attached to an aromatic ring is 1. The summed E-state index contributed by atoms with van der Waals surface area (Å²) < 4.78 is 21.8. The molecule has 0 unspecified atom stereocenters. The molecule has 0 fully saturated rings. The highest BCUT2D eigenvalue weighted by Gasteiger charge is 2.36. The van der Waals surface area contributed by atoms with Crippen molar-refractivity contribution in [1.29, 1.82) is 0 Å². The van der Waals surface area contributed by atoms with Gasteiger partial charge in [0.15, 0.2) is 14.1 Å². The van der Waals surface area contributed by atoms with E-state index in [0.717, 1.165) is 17.3 Å². The van der Waals surface area contributed by atoms with Crippen molar-refractivity contribution in [3.63, 3.8) is 0 Å². The van der Waals surface area contributed by atoms with Gasteiger partial charge in [0.25, 0.3) is 0 Å². The number of hydrogen-bond acceptors (Lipinski definition) is 4. The Bertz CT molecular complexity index is 1020. The lowest BCUT2D eigenvalue weighted by Gasteiger charge is -2.36. The van der Waals surface area contributed by atoms with E-state index >= 15 is 0 Å². The van der Waals surface area contributed by atoms with Crippen molar-refractivity contribution in [2.75, 3.05) is 12.3 Å². The number of aromatic hydroxyl groups is 1. The van der Waals surface area contributed by atoms with E-state index in [0.29, 0.717) is 30.1 Å². The number of halogens is 1. The number of fused-ring (bicyclic) bond motifs is 1. The van der Waals surface area contributed by atoms with Crippen LogP contribution >= 0.6 is 0 Å². The molecule has 0 amide bonds. The zero-order chi connectivity index (χ0) is 21.4. The van der Waals surface area contributed by atoms with E-state index in [9.17, 15) is 9.50 Å². The summed E-state index contributed by atoms with van der Waals surface area (Å²) in [6, 6.07) is 9.50. The second kappa shape index (κ2) is 7.80. The molecule has 1 aromatic heterocycles. The van der Waals surface area contributed by atoms with Gasteiger partial charge in [0.1, 0.15) is 11.6 Å². The van der Waals surface area contributed by atoms with Crippen LogP contribution in [0.4, 0.5) is 10.2 Å². The fraction of sp³-hybridized carbons (Fsp3) is 0.409. The zero-order valence-electron chi connectivity index (χ0n) is 17.8. The van der Waals surface area contributed by atoms with Gasteiger partial charge in [-0.25, -0.2) is 4.39 Å². The van der Waals surface area contributed by atoms with Crippen molar-refractivity contribution in [2.45, 2.75) is 51.9 Å². The average Bonchev–Trinajstić information content (AvgIpc) is 2.95. The topological polar surface area (TPSA) is 73.3 Å². The second-order valence-electron chi connectivity index (χ2n) is 8.96. The van der Waals surface area contributed by atoms with Crippen LogP contribution in [0.25, 0.3) is 22.0 Å². The van der Waals surface area contributed by atoms with Crippen molar-refractivity contribution in [3.05, 3.63) is 42.2 Å². The highest BCUT2D eigenvalue weighted by Crippen LogP contribution is 2.37. The van der Waals surface area contributed by atoms with Crippen molar-refractivity contribution in [3.8, 4) is 16.9 Å². The number of nitrogens with zero attached hydrogens (tertiary/aromatic N) is 2. The van der Waals surface area contributed by atoms with Gasteiger partial charge in [-0.15, -0.1) is 0 Å². The van der Waals surface area contributed by atoms with Crippen LogP contribution in [-0.2, 0) is 11.0 Å². The molecule has 0 aliphatic carbocycles. The first-order valence-electron chi connectivity index (χ1n) is 9.88. The fourth-order valence-corrected chi connectivity index (χ4v) is 4.12. The molecule has 0 atom stereocenters. The molecule has 0 aliphatic heterocycles. The van der Waals surface area contributed by atoms with Gasteiger partial charge in [-0.1, -0.05) is 26.8 Å². The Hall–Kier alpha value is -2.38. The predicted octanol–water partition coefficient (Wildman–Crippen LogP) is 5.54. The fourth-order valence-electron chi connectivity index (χ4n) is 3.04. The molecule has 3 rings (SSSR count). The van der Waals surface area contributed by atoms with Crippen molar-refractivity contribution < 1.29 is 13.9 Å². The van der Waals surface area contributed by atoms with Crippen LogP contribution in [0.2, 0.25) is 18.1 Å². The molecule has 1 heterocycles. The summed E-state index contributed by atoms with van der Waals surface area (Å²) in [7, 11) is -1.77. The summed E-state index contributed by atoms with van der Waals surface area (Å²) in [6.45, 7) is 12.5. The van der Waals surface area contributed by atoms with Gasteiger partial charge in [0.05, 0.1) is 5.52 Å². The van der Waals surface area contributed by atoms with Gasteiger partial charge < -0.3 is 15.3 Å². The van der Waals surface area contributed by atoms with E-state index in [2.05, 4.69) is 39.0 Å². The van der Waals surface area contributed by atoms with Gasteiger partial charge in [0.2, 0.25) is 0 Å². The number of aromatic nitrogens is 2. The number of rotatable bonds is 6. The molecule has 0 saturated heterocycles. The largest absolute Gasteiger partial charge is 0.507 e. The van der Waals surface area contributed by atoms with Gasteiger partial charge in [-0.3, -0.25) is 4.68 Å². The minimum atomic E-state index is -1.77. The monoisotopic (exact) mass is 415 g/mol. The van der Waals surface area contributed by atoms with Gasteiger partial charge in [-0.2, -0.15) is 5.10 Å². The molecular weight excluding hydrogens is 385 g/mol. The highest BCUT2D eigenvalue weighted by molar-refractivity contribution is 6.74. The van der Waals surface area contributed by atoms with E-state index in [1.54, 1.807) is 0 Å². The number of anilines is 1. The molecule has 5 nitrogen and oxygen atoms in total. The van der Waals surface area contributed by atoms with Crippen LogP contribution in [0.15, 0.2) is 36.4 Å². The molecule has 7 heteroatoms. The van der Waals surface area contributed by atoms with Crippen LogP contribution in [0.1, 0.15) is 27.2 Å². The number of phenols is 1. The third-order valence-corrected chi connectivity index (χ3v) is 10.4. The number of nitrogens with two attached hydrogens (primary N) is 1. The van der Waals surface area contributed by atoms with E-state index in [4.69, 9.17) is 10.2 Å². The Morgan fingerprint density at radius 3 is 2.59 bits per heavy atom. The Morgan fingerprint density at radius 1 is 1.17 bits per heavy atom. The summed E-state index contributed by atoms with van der Waals surface area (Å²) >= 11 is 0. The van der Waals surface area contributed by atoms with Crippen LogP contribution in [0, 0.1) is 5.82 Å². The molecule has 156 valence electrons. The van der Waals surface area contributed by atoms with Gasteiger partial charge in [0, 0.05) is 24.1 Å². The Labute approximate surface area is 172 Å². The van der Waals surface area contributed by atoms with E-state index < -0.39 is 14.1 Å². The molecule has 3 N–H and O–H groups in total. The SMILES string of the molecule is CC(C)(C)[Si](C)(C)OCCCn1nc(N)c2ccc(-c3cc(F)ccc3O)cc21. The third kappa shape index (κ3) is 4.46. The Morgan fingerprint density at radius 2 is 1.90 bits per heavy atom. The van der Waals surface area contributed by atoms with Crippen LogP contribution in [0.3, 0.4) is 0 Å². The summed E-state index contributed by atoms with van der Waals surface area (Å²) in [5.74, 6) is 0.0987. The lowest BCUT2D eigenvalue weighted by Crippen LogP contribution is -2.41. The first kappa shape index (κ1) is 21.3. The summed E-state index contributed by atoms with van der Waals surface area (Å²) in [4.78, 5) is 0. The molecule has 0 spiro atoms. The van der Waals surface area contributed by atoms with E-state index in [1.807, 2.05) is 22.9 Å². The van der Waals surface area contributed by atoms with Gasteiger partial charge in [-0.05, 0) is 60.4 Å². The normalized spacial score (nSPS) is 12.6. The third-order valence-electron chi connectivity index (χ3n) is 5.83. The maximum atomic E-state index is 13.7.